The Bertz CT molecular complexity index is 591. The summed E-state index contributed by atoms with van der Waals surface area (Å²) in [5.41, 5.74) is 0.868. The van der Waals surface area contributed by atoms with Gasteiger partial charge in [0.2, 0.25) is 0 Å². The van der Waals surface area contributed by atoms with Crippen molar-refractivity contribution >= 4 is 0 Å². The maximum absolute atomic E-state index is 9.31. The van der Waals surface area contributed by atoms with Gasteiger partial charge < -0.3 is 4.74 Å². The largest absolute Gasteiger partial charge is 0.457 e. The van der Waals surface area contributed by atoms with Crippen molar-refractivity contribution in [3.8, 4) is 17.6 Å². The van der Waals surface area contributed by atoms with E-state index in [2.05, 4.69) is 6.07 Å². The number of hydrogen-bond acceptors (Lipinski definition) is 2. The molecule has 1 saturated carbocycles. The fourth-order valence-corrected chi connectivity index (χ4v) is 2.46. The third kappa shape index (κ3) is 2.20. The molecule has 3 rings (SSSR count). The van der Waals surface area contributed by atoms with Crippen molar-refractivity contribution < 1.29 is 4.74 Å². The molecular weight excluding hydrogens is 234 g/mol. The number of nitriles is 1. The van der Waals surface area contributed by atoms with E-state index in [1.807, 2.05) is 54.6 Å². The first-order valence-electron chi connectivity index (χ1n) is 6.57. The fourth-order valence-electron chi connectivity index (χ4n) is 2.46. The summed E-state index contributed by atoms with van der Waals surface area (Å²) in [6.07, 6.45) is 3.10. The molecule has 1 fully saturated rings. The summed E-state index contributed by atoms with van der Waals surface area (Å²) >= 11 is 0. The van der Waals surface area contributed by atoms with Gasteiger partial charge in [-0.1, -0.05) is 30.3 Å². The monoisotopic (exact) mass is 249 g/mol. The lowest BCUT2D eigenvalue weighted by molar-refractivity contribution is 0.324. The minimum atomic E-state index is -0.245. The molecule has 0 atom stereocenters. The number of hydrogen-bond donors (Lipinski definition) is 0. The molecule has 0 radical (unpaired) electrons. The molecule has 2 nitrogen and oxygen atoms in total. The molecule has 0 unspecified atom stereocenters. The smallest absolute Gasteiger partial charge is 0.127 e. The molecule has 1 aliphatic rings. The molecule has 0 bridgehead atoms. The zero-order chi connectivity index (χ0) is 13.1. The third-order valence-electron chi connectivity index (χ3n) is 3.81. The molecule has 1 aliphatic carbocycles. The lowest BCUT2D eigenvalue weighted by Gasteiger charge is -2.35. The summed E-state index contributed by atoms with van der Waals surface area (Å²) in [6, 6.07) is 20.1. The van der Waals surface area contributed by atoms with Crippen LogP contribution in [0.1, 0.15) is 24.8 Å². The Hall–Kier alpha value is -2.27. The quantitative estimate of drug-likeness (QED) is 0.806. The number of nitrogens with zero attached hydrogens (tertiary/aromatic N) is 1. The minimum absolute atomic E-state index is 0.245. The van der Waals surface area contributed by atoms with Crippen molar-refractivity contribution in [2.75, 3.05) is 0 Å². The zero-order valence-electron chi connectivity index (χ0n) is 10.7. The molecule has 0 aliphatic heterocycles. The fraction of sp³-hybridized carbons (Fsp3) is 0.235. The second kappa shape index (κ2) is 4.78. The standard InChI is InChI=1S/C17H15NO/c18-13-17(11-4-12-17)14-7-9-16(10-8-14)19-15-5-2-1-3-6-15/h1-3,5-10H,4,11-12H2. The van der Waals surface area contributed by atoms with E-state index < -0.39 is 0 Å². The molecule has 19 heavy (non-hydrogen) atoms. The highest BCUT2D eigenvalue weighted by atomic mass is 16.5. The van der Waals surface area contributed by atoms with Gasteiger partial charge in [0.15, 0.2) is 0 Å². The van der Waals surface area contributed by atoms with E-state index in [-0.39, 0.29) is 5.41 Å². The van der Waals surface area contributed by atoms with Gasteiger partial charge in [0.1, 0.15) is 11.5 Å². The highest BCUT2D eigenvalue weighted by molar-refractivity contribution is 5.40. The number of ether oxygens (including phenoxy) is 1. The van der Waals surface area contributed by atoms with Crippen molar-refractivity contribution in [2.24, 2.45) is 0 Å². The Morgan fingerprint density at radius 1 is 0.895 bits per heavy atom. The molecule has 2 heteroatoms. The van der Waals surface area contributed by atoms with Gasteiger partial charge in [-0.15, -0.1) is 0 Å². The molecule has 94 valence electrons. The van der Waals surface area contributed by atoms with Crippen LogP contribution in [0, 0.1) is 11.3 Å². The number of rotatable bonds is 3. The number of benzene rings is 2. The van der Waals surface area contributed by atoms with Gasteiger partial charge in [-0.3, -0.25) is 0 Å². The molecule has 0 spiro atoms. The first-order valence-corrected chi connectivity index (χ1v) is 6.57. The van der Waals surface area contributed by atoms with Crippen molar-refractivity contribution in [1.82, 2.24) is 0 Å². The Balaban J connectivity index is 1.78. The predicted octanol–water partition coefficient (Wildman–Crippen LogP) is 4.42. The van der Waals surface area contributed by atoms with E-state index in [9.17, 15) is 5.26 Å². The van der Waals surface area contributed by atoms with E-state index >= 15 is 0 Å². The summed E-state index contributed by atoms with van der Waals surface area (Å²) in [5.74, 6) is 1.64. The first-order chi connectivity index (χ1) is 9.32. The Labute approximate surface area is 113 Å². The molecule has 2 aromatic rings. The van der Waals surface area contributed by atoms with Crippen LogP contribution in [0.5, 0.6) is 11.5 Å². The Morgan fingerprint density at radius 2 is 1.53 bits per heavy atom. The summed E-state index contributed by atoms with van der Waals surface area (Å²) in [7, 11) is 0. The topological polar surface area (TPSA) is 33.0 Å². The van der Waals surface area contributed by atoms with E-state index in [1.54, 1.807) is 0 Å². The molecule has 0 N–H and O–H groups in total. The molecule has 0 amide bonds. The van der Waals surface area contributed by atoms with Gasteiger partial charge in [0, 0.05) is 0 Å². The summed E-state index contributed by atoms with van der Waals surface area (Å²) in [6.45, 7) is 0. The maximum Gasteiger partial charge on any atom is 0.127 e. The van der Waals surface area contributed by atoms with Crippen molar-refractivity contribution in [1.29, 1.82) is 5.26 Å². The van der Waals surface area contributed by atoms with Crippen LogP contribution in [0.15, 0.2) is 54.6 Å². The van der Waals surface area contributed by atoms with Crippen molar-refractivity contribution in [3.05, 3.63) is 60.2 Å². The van der Waals surface area contributed by atoms with Crippen molar-refractivity contribution in [2.45, 2.75) is 24.7 Å². The summed E-state index contributed by atoms with van der Waals surface area (Å²) in [5, 5.41) is 9.31. The van der Waals surface area contributed by atoms with Gasteiger partial charge >= 0.3 is 0 Å². The van der Waals surface area contributed by atoms with Crippen LogP contribution in [-0.4, -0.2) is 0 Å². The zero-order valence-corrected chi connectivity index (χ0v) is 10.7. The van der Waals surface area contributed by atoms with Crippen LogP contribution < -0.4 is 4.74 Å². The predicted molar refractivity (Wildman–Crippen MR) is 74.1 cm³/mol. The van der Waals surface area contributed by atoms with Crippen LogP contribution >= 0.6 is 0 Å². The van der Waals surface area contributed by atoms with E-state index in [0.717, 1.165) is 36.3 Å². The molecule has 0 aromatic heterocycles. The van der Waals surface area contributed by atoms with Crippen molar-refractivity contribution in [3.63, 3.8) is 0 Å². The molecule has 2 aromatic carbocycles. The maximum atomic E-state index is 9.31. The normalized spacial score (nSPS) is 16.2. The minimum Gasteiger partial charge on any atom is -0.457 e. The lowest BCUT2D eigenvalue weighted by atomic mass is 9.65. The Kier molecular flexibility index (Phi) is 2.97. The number of para-hydroxylation sites is 1. The van der Waals surface area contributed by atoms with E-state index in [0.29, 0.717) is 0 Å². The average Bonchev–Trinajstić information content (AvgIpc) is 2.41. The van der Waals surface area contributed by atoms with Gasteiger partial charge in [-0.05, 0) is 49.1 Å². The SMILES string of the molecule is N#CC1(c2ccc(Oc3ccccc3)cc2)CCC1. The second-order valence-electron chi connectivity index (χ2n) is 4.99. The second-order valence-corrected chi connectivity index (χ2v) is 4.99. The third-order valence-corrected chi connectivity index (χ3v) is 3.81. The average molecular weight is 249 g/mol. The van der Waals surface area contributed by atoms with Crippen LogP contribution in [0.2, 0.25) is 0 Å². The summed E-state index contributed by atoms with van der Waals surface area (Å²) < 4.78 is 5.75. The lowest BCUT2D eigenvalue weighted by Crippen LogP contribution is -2.32. The van der Waals surface area contributed by atoms with Gasteiger partial charge in [0.25, 0.3) is 0 Å². The van der Waals surface area contributed by atoms with Gasteiger partial charge in [0.05, 0.1) is 11.5 Å². The van der Waals surface area contributed by atoms with Gasteiger partial charge in [-0.2, -0.15) is 5.26 Å². The first kappa shape index (κ1) is 11.8. The highest BCUT2D eigenvalue weighted by Crippen LogP contribution is 2.43. The molecular formula is C17H15NO. The highest BCUT2D eigenvalue weighted by Gasteiger charge is 2.38. The Morgan fingerprint density at radius 3 is 2.05 bits per heavy atom. The summed E-state index contributed by atoms with van der Waals surface area (Å²) in [4.78, 5) is 0. The van der Waals surface area contributed by atoms with Crippen LogP contribution in [0.25, 0.3) is 0 Å². The van der Waals surface area contributed by atoms with Crippen LogP contribution in [-0.2, 0) is 5.41 Å². The van der Waals surface area contributed by atoms with Gasteiger partial charge in [-0.25, -0.2) is 0 Å². The van der Waals surface area contributed by atoms with E-state index in [4.69, 9.17) is 4.74 Å². The molecule has 0 heterocycles. The molecule has 0 saturated heterocycles. The van der Waals surface area contributed by atoms with E-state index in [1.165, 1.54) is 0 Å². The van der Waals surface area contributed by atoms with Crippen LogP contribution in [0.4, 0.5) is 0 Å². The van der Waals surface area contributed by atoms with Crippen LogP contribution in [0.3, 0.4) is 0 Å².